The molecule has 0 fully saturated rings. The first kappa shape index (κ1) is 16.8. The average molecular weight is 349 g/mol. The lowest BCUT2D eigenvalue weighted by Crippen LogP contribution is -2.15. The summed E-state index contributed by atoms with van der Waals surface area (Å²) in [6.45, 7) is 2.14. The molecule has 0 aliphatic carbocycles. The Morgan fingerprint density at radius 2 is 1.17 bits per heavy atom. The Bertz CT molecular complexity index is 815. The van der Waals surface area contributed by atoms with E-state index in [0.717, 1.165) is 28.3 Å². The maximum absolute atomic E-state index is 6.20. The van der Waals surface area contributed by atoms with Crippen LogP contribution in [0.15, 0.2) is 95.8 Å². The fourth-order valence-corrected chi connectivity index (χ4v) is 5.96. The van der Waals surface area contributed by atoms with Gasteiger partial charge in [-0.3, -0.25) is 0 Å². The summed E-state index contributed by atoms with van der Waals surface area (Å²) in [5, 5.41) is 2.26. The van der Waals surface area contributed by atoms with Crippen LogP contribution in [0.1, 0.15) is 18.9 Å². The van der Waals surface area contributed by atoms with Crippen molar-refractivity contribution in [1.82, 2.24) is 0 Å². The van der Waals surface area contributed by atoms with Gasteiger partial charge in [0.25, 0.3) is 0 Å². The van der Waals surface area contributed by atoms with Gasteiger partial charge in [-0.2, -0.15) is 0 Å². The number of rotatable bonds is 5. The second kappa shape index (κ2) is 7.70. The van der Waals surface area contributed by atoms with Crippen molar-refractivity contribution in [1.29, 1.82) is 0 Å². The standard InChI is InChI=1S/C21H20NPS/c1-2-21(18-12-6-3-7-13-18)22-23(24,19-14-8-4-9-15-19)20-16-10-5-11-17-20/h3-17H,2H2,1H3/b22-21+. The predicted octanol–water partition coefficient (Wildman–Crippen LogP) is 4.93. The van der Waals surface area contributed by atoms with Gasteiger partial charge < -0.3 is 0 Å². The molecule has 0 heterocycles. The van der Waals surface area contributed by atoms with Gasteiger partial charge in [-0.1, -0.05) is 110 Å². The maximum atomic E-state index is 6.20. The van der Waals surface area contributed by atoms with E-state index in [4.69, 9.17) is 16.6 Å². The van der Waals surface area contributed by atoms with Crippen molar-refractivity contribution < 1.29 is 0 Å². The van der Waals surface area contributed by atoms with Gasteiger partial charge in [-0.15, -0.1) is 0 Å². The Kier molecular flexibility index (Phi) is 5.40. The van der Waals surface area contributed by atoms with Crippen molar-refractivity contribution in [2.45, 2.75) is 13.3 Å². The SMILES string of the molecule is CC/C(=N\P(=S)(c1ccccc1)c1ccccc1)c1ccccc1. The van der Waals surface area contributed by atoms with E-state index in [2.05, 4.69) is 55.5 Å². The van der Waals surface area contributed by atoms with Gasteiger partial charge in [0.05, 0.1) is 0 Å². The van der Waals surface area contributed by atoms with Crippen LogP contribution in [-0.2, 0) is 11.8 Å². The number of hydrogen-bond donors (Lipinski definition) is 0. The Morgan fingerprint density at radius 3 is 1.58 bits per heavy atom. The van der Waals surface area contributed by atoms with E-state index in [0.29, 0.717) is 0 Å². The highest BCUT2D eigenvalue weighted by atomic mass is 32.4. The third-order valence-corrected chi connectivity index (χ3v) is 7.94. The summed E-state index contributed by atoms with van der Waals surface area (Å²) in [4.78, 5) is 0. The number of nitrogens with zero attached hydrogens (tertiary/aromatic N) is 1. The lowest BCUT2D eigenvalue weighted by atomic mass is 10.1. The summed E-state index contributed by atoms with van der Waals surface area (Å²) in [6, 6.07) is 31.0. The van der Waals surface area contributed by atoms with Gasteiger partial charge in [0, 0.05) is 16.3 Å². The van der Waals surface area contributed by atoms with Crippen LogP contribution in [-0.4, -0.2) is 5.71 Å². The Hall–Kier alpha value is -2.02. The monoisotopic (exact) mass is 349 g/mol. The first-order chi connectivity index (χ1) is 11.7. The molecular formula is C21H20NPS. The minimum Gasteiger partial charge on any atom is -0.247 e. The molecule has 0 N–H and O–H groups in total. The summed E-state index contributed by atoms with van der Waals surface area (Å²) in [6.07, 6.45) is -1.38. The van der Waals surface area contributed by atoms with E-state index in [9.17, 15) is 0 Å². The Morgan fingerprint density at radius 1 is 0.750 bits per heavy atom. The number of benzene rings is 3. The summed E-state index contributed by atoms with van der Waals surface area (Å²) in [5.41, 5.74) is 2.23. The van der Waals surface area contributed by atoms with Gasteiger partial charge in [0.1, 0.15) is 6.19 Å². The molecule has 0 aromatic heterocycles. The first-order valence-corrected chi connectivity index (χ1v) is 10.9. The van der Waals surface area contributed by atoms with Crippen molar-refractivity contribution >= 4 is 34.3 Å². The van der Waals surface area contributed by atoms with Crippen molar-refractivity contribution in [2.24, 2.45) is 4.76 Å². The molecule has 24 heavy (non-hydrogen) atoms. The molecule has 0 aliphatic rings. The lowest BCUT2D eigenvalue weighted by molar-refractivity contribution is 1.28. The smallest absolute Gasteiger partial charge is 0.113 e. The molecule has 3 rings (SSSR count). The second-order valence-electron chi connectivity index (χ2n) is 5.51. The molecular weight excluding hydrogens is 329 g/mol. The van der Waals surface area contributed by atoms with Crippen LogP contribution >= 0.6 is 6.19 Å². The molecule has 0 bridgehead atoms. The molecule has 3 aromatic rings. The highest BCUT2D eigenvalue weighted by molar-refractivity contribution is 8.21. The van der Waals surface area contributed by atoms with Crippen LogP contribution in [0.4, 0.5) is 0 Å². The van der Waals surface area contributed by atoms with E-state index in [1.807, 2.05) is 42.5 Å². The van der Waals surface area contributed by atoms with Crippen molar-refractivity contribution in [3.63, 3.8) is 0 Å². The minimum atomic E-state index is -2.24. The molecule has 0 unspecified atom stereocenters. The maximum Gasteiger partial charge on any atom is 0.113 e. The van der Waals surface area contributed by atoms with Gasteiger partial charge >= 0.3 is 0 Å². The third kappa shape index (κ3) is 3.56. The van der Waals surface area contributed by atoms with Crippen LogP contribution in [0, 0.1) is 0 Å². The molecule has 120 valence electrons. The topological polar surface area (TPSA) is 12.4 Å². The first-order valence-electron chi connectivity index (χ1n) is 8.10. The molecule has 3 aromatic carbocycles. The van der Waals surface area contributed by atoms with E-state index in [1.165, 1.54) is 0 Å². The second-order valence-corrected chi connectivity index (χ2v) is 9.48. The van der Waals surface area contributed by atoms with Gasteiger partial charge in [-0.25, -0.2) is 4.76 Å². The van der Waals surface area contributed by atoms with Crippen LogP contribution < -0.4 is 10.6 Å². The highest BCUT2D eigenvalue weighted by Crippen LogP contribution is 2.46. The molecule has 3 heteroatoms. The quantitative estimate of drug-likeness (QED) is 0.470. The fourth-order valence-electron chi connectivity index (χ4n) is 2.66. The Labute approximate surface area is 149 Å². The molecule has 1 nitrogen and oxygen atoms in total. The van der Waals surface area contributed by atoms with Crippen LogP contribution in [0.25, 0.3) is 0 Å². The zero-order valence-electron chi connectivity index (χ0n) is 13.7. The number of hydrogen-bond acceptors (Lipinski definition) is 1. The van der Waals surface area contributed by atoms with Crippen LogP contribution in [0.5, 0.6) is 0 Å². The summed E-state index contributed by atoms with van der Waals surface area (Å²) in [7, 11) is 0. The summed E-state index contributed by atoms with van der Waals surface area (Å²) >= 11 is 6.20. The molecule has 0 aliphatic heterocycles. The molecule has 0 amide bonds. The van der Waals surface area contributed by atoms with Crippen molar-refractivity contribution in [3.8, 4) is 0 Å². The Balaban J connectivity index is 2.19. The normalized spacial score (nSPS) is 12.1. The zero-order valence-corrected chi connectivity index (χ0v) is 15.4. The van der Waals surface area contributed by atoms with Crippen LogP contribution in [0.2, 0.25) is 0 Å². The van der Waals surface area contributed by atoms with Gasteiger partial charge in [0.2, 0.25) is 0 Å². The van der Waals surface area contributed by atoms with Crippen molar-refractivity contribution in [2.75, 3.05) is 0 Å². The molecule has 0 saturated carbocycles. The summed E-state index contributed by atoms with van der Waals surface area (Å²) in [5.74, 6) is 0. The van der Waals surface area contributed by atoms with Gasteiger partial charge in [0.15, 0.2) is 0 Å². The summed E-state index contributed by atoms with van der Waals surface area (Å²) < 4.78 is 5.18. The van der Waals surface area contributed by atoms with Crippen molar-refractivity contribution in [3.05, 3.63) is 96.6 Å². The van der Waals surface area contributed by atoms with E-state index >= 15 is 0 Å². The average Bonchev–Trinajstić information content (AvgIpc) is 2.68. The zero-order chi connectivity index (χ0) is 16.8. The largest absolute Gasteiger partial charge is 0.247 e. The van der Waals surface area contributed by atoms with E-state index in [-0.39, 0.29) is 0 Å². The highest BCUT2D eigenvalue weighted by Gasteiger charge is 2.22. The van der Waals surface area contributed by atoms with E-state index < -0.39 is 6.19 Å². The fraction of sp³-hybridized carbons (Fsp3) is 0.0952. The molecule has 0 radical (unpaired) electrons. The van der Waals surface area contributed by atoms with Crippen LogP contribution in [0.3, 0.4) is 0 Å². The van der Waals surface area contributed by atoms with E-state index in [1.54, 1.807) is 0 Å². The third-order valence-electron chi connectivity index (χ3n) is 3.92. The predicted molar refractivity (Wildman–Crippen MR) is 110 cm³/mol. The molecule has 0 saturated heterocycles. The molecule has 0 spiro atoms. The minimum absolute atomic E-state index is 0.863. The molecule has 0 atom stereocenters. The van der Waals surface area contributed by atoms with Gasteiger partial charge in [-0.05, 0) is 12.0 Å². The lowest BCUT2D eigenvalue weighted by Gasteiger charge is -2.20.